The zero-order chi connectivity index (χ0) is 15.2. The van der Waals surface area contributed by atoms with Gasteiger partial charge in [-0.3, -0.25) is 4.90 Å². The first-order valence-electron chi connectivity index (χ1n) is 7.56. The van der Waals surface area contributed by atoms with Crippen molar-refractivity contribution in [2.75, 3.05) is 26.8 Å². The lowest BCUT2D eigenvalue weighted by Crippen LogP contribution is -2.31. The maximum absolute atomic E-state index is 5.96. The molecule has 0 saturated carbocycles. The number of nitrogens with zero attached hydrogens (tertiary/aromatic N) is 1. The number of thiophene rings is 1. The maximum Gasteiger partial charge on any atom is 0.0589 e. The van der Waals surface area contributed by atoms with Gasteiger partial charge < -0.3 is 10.5 Å². The molecule has 0 saturated heterocycles. The highest BCUT2D eigenvalue weighted by Gasteiger charge is 2.15. The highest BCUT2D eigenvalue weighted by atomic mass is 32.1. The van der Waals surface area contributed by atoms with E-state index in [1.165, 1.54) is 20.5 Å². The fourth-order valence-electron chi connectivity index (χ4n) is 2.68. The molecule has 4 heteroatoms. The summed E-state index contributed by atoms with van der Waals surface area (Å²) < 4.78 is 6.59. The number of rotatable bonds is 8. The molecule has 21 heavy (non-hydrogen) atoms. The minimum atomic E-state index is 0.620. The molecule has 0 atom stereocenters. The van der Waals surface area contributed by atoms with E-state index in [2.05, 4.69) is 43.0 Å². The smallest absolute Gasteiger partial charge is 0.0589 e. The van der Waals surface area contributed by atoms with Gasteiger partial charge in [-0.1, -0.05) is 32.0 Å². The molecule has 2 N–H and O–H groups in total. The number of fused-ring (bicyclic) bond motifs is 1. The van der Waals surface area contributed by atoms with Crippen molar-refractivity contribution in [2.45, 2.75) is 26.9 Å². The molecule has 0 fully saturated rings. The van der Waals surface area contributed by atoms with Crippen molar-refractivity contribution in [3.05, 3.63) is 34.7 Å². The Hall–Kier alpha value is -0.940. The lowest BCUT2D eigenvalue weighted by Gasteiger charge is -2.24. The Balaban J connectivity index is 2.25. The normalized spacial score (nSPS) is 11.9. The Morgan fingerprint density at radius 1 is 1.29 bits per heavy atom. The predicted molar refractivity (Wildman–Crippen MR) is 91.7 cm³/mol. The summed E-state index contributed by atoms with van der Waals surface area (Å²) in [4.78, 5) is 3.78. The average Bonchev–Trinajstić information content (AvgIpc) is 2.82. The SMILES string of the molecule is COCCN(Cc1c(CN)sc2ccccc12)CC(C)C. The summed E-state index contributed by atoms with van der Waals surface area (Å²) in [7, 11) is 1.76. The van der Waals surface area contributed by atoms with Gasteiger partial charge in [-0.05, 0) is 22.9 Å². The van der Waals surface area contributed by atoms with Crippen molar-refractivity contribution >= 4 is 21.4 Å². The van der Waals surface area contributed by atoms with Gasteiger partial charge in [0.25, 0.3) is 0 Å². The van der Waals surface area contributed by atoms with Crippen LogP contribution in [0.2, 0.25) is 0 Å². The predicted octanol–water partition coefficient (Wildman–Crippen LogP) is 3.46. The van der Waals surface area contributed by atoms with E-state index in [9.17, 15) is 0 Å². The number of methoxy groups -OCH3 is 1. The van der Waals surface area contributed by atoms with E-state index in [1.54, 1.807) is 7.11 Å². The average molecular weight is 306 g/mol. The molecule has 0 amide bonds. The molecule has 116 valence electrons. The summed E-state index contributed by atoms with van der Waals surface area (Å²) >= 11 is 1.83. The first kappa shape index (κ1) is 16.4. The number of benzene rings is 1. The van der Waals surface area contributed by atoms with Crippen molar-refractivity contribution in [1.82, 2.24) is 4.90 Å². The Bertz CT molecular complexity index is 565. The standard InChI is InChI=1S/C17H26N2OS/c1-13(2)11-19(8-9-20-3)12-15-14-6-4-5-7-16(14)21-17(15)10-18/h4-7,13H,8-12,18H2,1-3H3. The van der Waals surface area contributed by atoms with Crippen molar-refractivity contribution in [2.24, 2.45) is 11.7 Å². The van der Waals surface area contributed by atoms with Crippen LogP contribution < -0.4 is 5.73 Å². The van der Waals surface area contributed by atoms with Crippen LogP contribution in [0.25, 0.3) is 10.1 Å². The molecule has 1 heterocycles. The second-order valence-electron chi connectivity index (χ2n) is 5.83. The Morgan fingerprint density at radius 3 is 2.71 bits per heavy atom. The molecule has 0 unspecified atom stereocenters. The van der Waals surface area contributed by atoms with Gasteiger partial charge in [0.1, 0.15) is 0 Å². The first-order chi connectivity index (χ1) is 10.2. The zero-order valence-corrected chi connectivity index (χ0v) is 14.1. The molecule has 2 rings (SSSR count). The van der Waals surface area contributed by atoms with Crippen molar-refractivity contribution in [3.8, 4) is 0 Å². The van der Waals surface area contributed by atoms with E-state index in [0.717, 1.165) is 26.2 Å². The molecule has 0 aliphatic carbocycles. The third kappa shape index (κ3) is 4.27. The van der Waals surface area contributed by atoms with E-state index >= 15 is 0 Å². The minimum absolute atomic E-state index is 0.620. The number of nitrogens with two attached hydrogens (primary N) is 1. The van der Waals surface area contributed by atoms with Gasteiger partial charge in [-0.25, -0.2) is 0 Å². The van der Waals surface area contributed by atoms with E-state index in [-0.39, 0.29) is 0 Å². The topological polar surface area (TPSA) is 38.5 Å². The van der Waals surface area contributed by atoms with Gasteiger partial charge in [0.05, 0.1) is 6.61 Å². The summed E-state index contributed by atoms with van der Waals surface area (Å²) in [5.41, 5.74) is 7.36. The molecule has 1 aromatic heterocycles. The Labute approximate surface area is 131 Å². The first-order valence-corrected chi connectivity index (χ1v) is 8.38. The summed E-state index contributed by atoms with van der Waals surface area (Å²) in [6.07, 6.45) is 0. The largest absolute Gasteiger partial charge is 0.383 e. The maximum atomic E-state index is 5.96. The molecule has 0 aliphatic heterocycles. The summed E-state index contributed by atoms with van der Waals surface area (Å²) in [6.45, 7) is 8.91. The molecule has 3 nitrogen and oxygen atoms in total. The van der Waals surface area contributed by atoms with Crippen LogP contribution in [0, 0.1) is 5.92 Å². The summed E-state index contributed by atoms with van der Waals surface area (Å²) in [6, 6.07) is 8.61. The van der Waals surface area contributed by atoms with Gasteiger partial charge >= 0.3 is 0 Å². The monoisotopic (exact) mass is 306 g/mol. The lowest BCUT2D eigenvalue weighted by molar-refractivity contribution is 0.136. The molecular weight excluding hydrogens is 280 g/mol. The van der Waals surface area contributed by atoms with E-state index < -0.39 is 0 Å². The zero-order valence-electron chi connectivity index (χ0n) is 13.3. The number of hydrogen-bond acceptors (Lipinski definition) is 4. The molecule has 1 aromatic carbocycles. The Morgan fingerprint density at radius 2 is 2.05 bits per heavy atom. The van der Waals surface area contributed by atoms with Gasteiger partial charge in [-0.2, -0.15) is 0 Å². The van der Waals surface area contributed by atoms with Crippen LogP contribution in [0.3, 0.4) is 0 Å². The van der Waals surface area contributed by atoms with E-state index in [1.807, 2.05) is 11.3 Å². The van der Waals surface area contributed by atoms with Crippen LogP contribution in [-0.2, 0) is 17.8 Å². The Kier molecular flexibility index (Phi) is 6.18. The van der Waals surface area contributed by atoms with Gasteiger partial charge in [-0.15, -0.1) is 11.3 Å². The van der Waals surface area contributed by atoms with Crippen molar-refractivity contribution < 1.29 is 4.74 Å². The highest BCUT2D eigenvalue weighted by molar-refractivity contribution is 7.19. The van der Waals surface area contributed by atoms with Gasteiger partial charge in [0, 0.05) is 42.9 Å². The van der Waals surface area contributed by atoms with Crippen molar-refractivity contribution in [3.63, 3.8) is 0 Å². The summed E-state index contributed by atoms with van der Waals surface area (Å²) in [5, 5.41) is 1.36. The fraction of sp³-hybridized carbons (Fsp3) is 0.529. The van der Waals surface area contributed by atoms with E-state index in [0.29, 0.717) is 12.5 Å². The third-order valence-electron chi connectivity index (χ3n) is 3.58. The van der Waals surface area contributed by atoms with Crippen LogP contribution in [0.1, 0.15) is 24.3 Å². The van der Waals surface area contributed by atoms with Crippen LogP contribution in [0.4, 0.5) is 0 Å². The second-order valence-corrected chi connectivity index (χ2v) is 6.96. The van der Waals surface area contributed by atoms with Gasteiger partial charge in [0.15, 0.2) is 0 Å². The van der Waals surface area contributed by atoms with E-state index in [4.69, 9.17) is 10.5 Å². The van der Waals surface area contributed by atoms with Gasteiger partial charge in [0.2, 0.25) is 0 Å². The van der Waals surface area contributed by atoms with Crippen molar-refractivity contribution in [1.29, 1.82) is 0 Å². The molecule has 0 aliphatic rings. The lowest BCUT2D eigenvalue weighted by atomic mass is 10.1. The molecule has 0 radical (unpaired) electrons. The molecular formula is C17H26N2OS. The van der Waals surface area contributed by atoms with Crippen LogP contribution in [0.5, 0.6) is 0 Å². The molecule has 0 spiro atoms. The third-order valence-corrected chi connectivity index (χ3v) is 4.82. The second kappa shape index (κ2) is 7.90. The number of hydrogen-bond donors (Lipinski definition) is 1. The quantitative estimate of drug-likeness (QED) is 0.811. The molecule has 0 bridgehead atoms. The summed E-state index contributed by atoms with van der Waals surface area (Å²) in [5.74, 6) is 0.646. The van der Waals surface area contributed by atoms with Crippen LogP contribution in [-0.4, -0.2) is 31.7 Å². The number of ether oxygens (including phenoxy) is 1. The van der Waals surface area contributed by atoms with Crippen LogP contribution >= 0.6 is 11.3 Å². The highest BCUT2D eigenvalue weighted by Crippen LogP contribution is 2.32. The minimum Gasteiger partial charge on any atom is -0.383 e. The molecule has 2 aromatic rings. The fourth-order valence-corrected chi connectivity index (χ4v) is 3.78. The van der Waals surface area contributed by atoms with Crippen LogP contribution in [0.15, 0.2) is 24.3 Å².